The minimum atomic E-state index is -3.06. The van der Waals surface area contributed by atoms with Gasteiger partial charge in [-0.25, -0.2) is 0 Å². The molecule has 0 amide bonds. The van der Waals surface area contributed by atoms with Crippen LogP contribution in [0.3, 0.4) is 0 Å². The molecule has 2 bridgehead atoms. The molecule has 0 aromatic rings. The van der Waals surface area contributed by atoms with Gasteiger partial charge in [-0.05, 0) is 0 Å². The fourth-order valence-corrected chi connectivity index (χ4v) is 7.18. The van der Waals surface area contributed by atoms with Crippen molar-refractivity contribution in [1.29, 1.82) is 0 Å². The lowest BCUT2D eigenvalue weighted by molar-refractivity contribution is -0.175. The summed E-state index contributed by atoms with van der Waals surface area (Å²) < 4.78 is 0. The van der Waals surface area contributed by atoms with E-state index in [-0.39, 0.29) is 0 Å². The minimum absolute atomic E-state index is 0.477. The van der Waals surface area contributed by atoms with E-state index in [0.29, 0.717) is 0 Å². The molecule has 0 unspecified atom stereocenters. The van der Waals surface area contributed by atoms with Crippen molar-refractivity contribution in [1.82, 2.24) is 0 Å². The summed E-state index contributed by atoms with van der Waals surface area (Å²) in [7, 11) is 0. The number of allylic oxidation sites excluding steroid dienone is 2. The highest BCUT2D eigenvalue weighted by molar-refractivity contribution is 6.70. The topological polar surface area (TPSA) is 57.5 Å². The van der Waals surface area contributed by atoms with E-state index in [4.69, 9.17) is 92.8 Å². The van der Waals surface area contributed by atoms with Crippen LogP contribution in [-0.2, 0) is 4.79 Å². The number of carbonyl (C=O) groups is 1. The van der Waals surface area contributed by atoms with E-state index in [1.54, 1.807) is 0 Å². The Bertz CT molecular complexity index is 686. The van der Waals surface area contributed by atoms with Crippen LogP contribution in [0.1, 0.15) is 0 Å². The van der Waals surface area contributed by atoms with Crippen molar-refractivity contribution in [3.8, 4) is 0 Å². The zero-order chi connectivity index (χ0) is 16.4. The quantitative estimate of drug-likeness (QED) is 0.435. The predicted octanol–water partition coefficient (Wildman–Crippen LogP) is 3.57. The number of halogens is 8. The molecule has 1 saturated carbocycles. The number of alkyl halides is 4. The molecule has 2 N–H and O–H groups in total. The third kappa shape index (κ3) is 1.18. The Kier molecular flexibility index (Phi) is 3.39. The lowest BCUT2D eigenvalue weighted by atomic mass is 9.82. The predicted molar refractivity (Wildman–Crippen MR) is 84.0 cm³/mol. The van der Waals surface area contributed by atoms with Gasteiger partial charge in [-0.15, -0.1) is 46.4 Å². The van der Waals surface area contributed by atoms with E-state index in [9.17, 15) is 15.0 Å². The highest BCUT2D eigenvalue weighted by Gasteiger charge is 2.98. The number of ketones is 1. The molecule has 0 radical (unpaired) electrons. The molecule has 0 aromatic carbocycles. The molecular formula is C10H2Cl8O3. The van der Waals surface area contributed by atoms with Crippen molar-refractivity contribution in [3.05, 3.63) is 20.1 Å². The molecule has 21 heavy (non-hydrogen) atoms. The molecule has 4 atom stereocenters. The highest BCUT2D eigenvalue weighted by Crippen LogP contribution is 2.82. The summed E-state index contributed by atoms with van der Waals surface area (Å²) in [6, 6.07) is 0. The fraction of sp³-hybridized carbons (Fsp3) is 0.500. The largest absolute Gasteiger partial charge is 0.362 e. The van der Waals surface area contributed by atoms with Gasteiger partial charge in [0, 0.05) is 0 Å². The summed E-state index contributed by atoms with van der Waals surface area (Å²) in [5, 5.41) is 18.9. The number of hydrogen-bond donors (Lipinski definition) is 2. The van der Waals surface area contributed by atoms with Gasteiger partial charge >= 0.3 is 0 Å². The van der Waals surface area contributed by atoms with Gasteiger partial charge in [-0.3, -0.25) is 4.79 Å². The molecule has 116 valence electrons. The van der Waals surface area contributed by atoms with Crippen molar-refractivity contribution in [2.75, 3.05) is 0 Å². The maximum atomic E-state index is 12.4. The standard InChI is InChI=1S/C10H2Cl8O3/c11-1-2(12)6(15)7(16)3(13)4(14)8(17,10(7,20)21)9(6,18)5(1)19/h20-21H/t6-,7+,8+,9+/m1/s1. The fourth-order valence-electron chi connectivity index (χ4n) is 3.12. The number of aliphatic hydroxyl groups is 2. The first-order valence-electron chi connectivity index (χ1n) is 5.16. The van der Waals surface area contributed by atoms with Crippen LogP contribution in [0.5, 0.6) is 0 Å². The second-order valence-corrected chi connectivity index (χ2v) is 8.67. The van der Waals surface area contributed by atoms with Crippen molar-refractivity contribution in [2.24, 2.45) is 0 Å². The first-order chi connectivity index (χ1) is 9.29. The van der Waals surface area contributed by atoms with E-state index in [1.165, 1.54) is 0 Å². The number of hydrogen-bond acceptors (Lipinski definition) is 3. The van der Waals surface area contributed by atoms with E-state index < -0.39 is 51.2 Å². The molecule has 3 aliphatic carbocycles. The van der Waals surface area contributed by atoms with Crippen LogP contribution in [0.4, 0.5) is 0 Å². The number of fused-ring (bicyclic) bond motifs is 5. The van der Waals surface area contributed by atoms with E-state index >= 15 is 0 Å². The molecule has 1 fully saturated rings. The number of carbonyl (C=O) groups excluding carboxylic acids is 1. The molecule has 3 aliphatic rings. The molecule has 0 heterocycles. The van der Waals surface area contributed by atoms with Crippen LogP contribution in [0.15, 0.2) is 20.1 Å². The molecule has 0 spiro atoms. The lowest BCUT2D eigenvalue weighted by Crippen LogP contribution is -2.61. The summed E-state index contributed by atoms with van der Waals surface area (Å²) in [6.07, 6.45) is 0. The van der Waals surface area contributed by atoms with Gasteiger partial charge in [0.1, 0.15) is 9.91 Å². The van der Waals surface area contributed by atoms with Crippen molar-refractivity contribution in [3.63, 3.8) is 0 Å². The summed E-state index contributed by atoms with van der Waals surface area (Å²) in [6.45, 7) is 0. The van der Waals surface area contributed by atoms with Crippen LogP contribution in [-0.4, -0.2) is 41.3 Å². The van der Waals surface area contributed by atoms with E-state index in [2.05, 4.69) is 0 Å². The smallest absolute Gasteiger partial charge is 0.217 e. The minimum Gasteiger partial charge on any atom is -0.362 e. The third-order valence-electron chi connectivity index (χ3n) is 4.19. The average molecular weight is 454 g/mol. The highest BCUT2D eigenvalue weighted by atomic mass is 35.5. The first kappa shape index (κ1) is 17.2. The van der Waals surface area contributed by atoms with Crippen LogP contribution in [0, 0.1) is 0 Å². The van der Waals surface area contributed by atoms with Gasteiger partial charge in [-0.1, -0.05) is 46.4 Å². The van der Waals surface area contributed by atoms with Crippen molar-refractivity contribution >= 4 is 98.6 Å². The molecule has 0 saturated heterocycles. The second kappa shape index (κ2) is 4.13. The summed E-state index contributed by atoms with van der Waals surface area (Å²) in [5.41, 5.74) is 0. The normalized spacial score (nSPS) is 51.2. The molecular weight excluding hydrogens is 452 g/mol. The molecule has 0 aromatic heterocycles. The Balaban J connectivity index is 2.55. The number of rotatable bonds is 0. The van der Waals surface area contributed by atoms with E-state index in [1.807, 2.05) is 0 Å². The monoisotopic (exact) mass is 450 g/mol. The molecule has 0 aliphatic heterocycles. The Morgan fingerprint density at radius 1 is 0.667 bits per heavy atom. The maximum Gasteiger partial charge on any atom is 0.217 e. The first-order valence-corrected chi connectivity index (χ1v) is 8.19. The van der Waals surface area contributed by atoms with Crippen molar-refractivity contribution < 1.29 is 15.0 Å². The SMILES string of the molecule is O=C1C(Cl)=C(Cl)[C@]2(Cl)[C@]1(Cl)[C@@]1(Cl)C(Cl)=C(Cl)[C@@]2(Cl)C1(O)O. The zero-order valence-corrected chi connectivity index (χ0v) is 15.4. The van der Waals surface area contributed by atoms with Gasteiger partial charge < -0.3 is 10.2 Å². The van der Waals surface area contributed by atoms with Crippen LogP contribution in [0.25, 0.3) is 0 Å². The molecule has 11 heteroatoms. The average Bonchev–Trinajstić information content (AvgIpc) is 2.67. The van der Waals surface area contributed by atoms with Crippen LogP contribution in [0.2, 0.25) is 0 Å². The van der Waals surface area contributed by atoms with Gasteiger partial charge in [0.2, 0.25) is 11.6 Å². The zero-order valence-electron chi connectivity index (χ0n) is 9.33. The maximum absolute atomic E-state index is 12.4. The van der Waals surface area contributed by atoms with Crippen molar-refractivity contribution in [2.45, 2.75) is 25.3 Å². The van der Waals surface area contributed by atoms with Crippen LogP contribution < -0.4 is 0 Å². The Morgan fingerprint density at radius 3 is 1.48 bits per heavy atom. The molecule has 3 rings (SSSR count). The number of Topliss-reactive ketones (excluding diaryl/α,β-unsaturated/α-hetero) is 1. The van der Waals surface area contributed by atoms with Gasteiger partial charge in [0.15, 0.2) is 14.6 Å². The summed E-state index contributed by atoms with van der Waals surface area (Å²) in [5.74, 6) is -4.09. The van der Waals surface area contributed by atoms with E-state index in [0.717, 1.165) is 0 Å². The Hall–Kier alpha value is 1.39. The summed E-state index contributed by atoms with van der Waals surface area (Å²) >= 11 is 49.0. The van der Waals surface area contributed by atoms with Gasteiger partial charge in [-0.2, -0.15) is 0 Å². The summed E-state index contributed by atoms with van der Waals surface area (Å²) in [4.78, 5) is 2.70. The third-order valence-corrected chi connectivity index (χ3v) is 9.71. The Morgan fingerprint density at radius 2 is 1.05 bits per heavy atom. The molecule has 3 nitrogen and oxygen atoms in total. The second-order valence-electron chi connectivity index (χ2n) is 4.89. The van der Waals surface area contributed by atoms with Gasteiger partial charge in [0.05, 0.1) is 15.1 Å². The van der Waals surface area contributed by atoms with Crippen LogP contribution >= 0.6 is 92.8 Å². The Labute approximate surface area is 158 Å². The van der Waals surface area contributed by atoms with Gasteiger partial charge in [0.25, 0.3) is 0 Å². The lowest BCUT2D eigenvalue weighted by Gasteiger charge is -2.43.